The first-order valence-electron chi connectivity index (χ1n) is 8.78. The van der Waals surface area contributed by atoms with Crippen molar-refractivity contribution >= 4 is 22.5 Å². The first-order valence-corrected chi connectivity index (χ1v) is 9.16. The number of aromatic nitrogens is 1. The highest BCUT2D eigenvalue weighted by atomic mass is 35.5. The van der Waals surface area contributed by atoms with Gasteiger partial charge in [-0.25, -0.2) is 0 Å². The van der Waals surface area contributed by atoms with E-state index in [4.69, 9.17) is 11.6 Å². The number of nitrogens with zero attached hydrogens (tertiary/aromatic N) is 1. The highest BCUT2D eigenvalue weighted by Gasteiger charge is 2.42. The van der Waals surface area contributed by atoms with Crippen LogP contribution in [0.4, 0.5) is 0 Å². The summed E-state index contributed by atoms with van der Waals surface area (Å²) in [7, 11) is 2.27. The third kappa shape index (κ3) is 2.00. The Kier molecular flexibility index (Phi) is 3.26. The summed E-state index contributed by atoms with van der Waals surface area (Å²) < 4.78 is 0. The lowest BCUT2D eigenvalue weighted by Gasteiger charge is -2.47. The molecule has 3 heteroatoms. The SMILES string of the molecule is CN1CC[C@@H](c2ccccc2)[C@@H]2c3cccc4[nH]c(Cl)c(c34)C[C@H]21. The number of hydrogen-bond donors (Lipinski definition) is 1. The van der Waals surface area contributed by atoms with Crippen molar-refractivity contribution in [2.45, 2.75) is 30.7 Å². The molecule has 5 rings (SSSR count). The van der Waals surface area contributed by atoms with E-state index in [-0.39, 0.29) is 0 Å². The zero-order chi connectivity index (χ0) is 16.3. The Labute approximate surface area is 147 Å². The van der Waals surface area contributed by atoms with Crippen molar-refractivity contribution < 1.29 is 0 Å². The molecular formula is C21H21ClN2. The fraction of sp³-hybridized carbons (Fsp3) is 0.333. The number of aromatic amines is 1. The van der Waals surface area contributed by atoms with Crippen LogP contribution < -0.4 is 0 Å². The fourth-order valence-corrected chi connectivity index (χ4v) is 5.28. The lowest BCUT2D eigenvalue weighted by Crippen LogP contribution is -2.47. The molecule has 0 saturated carbocycles. The minimum Gasteiger partial charge on any atom is -0.345 e. The Balaban J connectivity index is 1.73. The highest BCUT2D eigenvalue weighted by Crippen LogP contribution is 2.50. The van der Waals surface area contributed by atoms with Gasteiger partial charge >= 0.3 is 0 Å². The van der Waals surface area contributed by atoms with Gasteiger partial charge in [0.1, 0.15) is 5.15 Å². The molecular weight excluding hydrogens is 316 g/mol. The first kappa shape index (κ1) is 14.6. The molecule has 1 aliphatic heterocycles. The Morgan fingerprint density at radius 1 is 1.08 bits per heavy atom. The van der Waals surface area contributed by atoms with E-state index in [9.17, 15) is 0 Å². The van der Waals surface area contributed by atoms with Crippen LogP contribution in [-0.4, -0.2) is 29.5 Å². The molecule has 1 aromatic heterocycles. The largest absolute Gasteiger partial charge is 0.345 e. The summed E-state index contributed by atoms with van der Waals surface area (Å²) in [6.45, 7) is 1.15. The molecule has 2 aliphatic rings. The summed E-state index contributed by atoms with van der Waals surface area (Å²) in [5.41, 5.74) is 5.44. The summed E-state index contributed by atoms with van der Waals surface area (Å²) in [6.07, 6.45) is 2.26. The van der Waals surface area contributed by atoms with E-state index < -0.39 is 0 Å². The van der Waals surface area contributed by atoms with Crippen molar-refractivity contribution in [3.05, 3.63) is 70.4 Å². The second kappa shape index (κ2) is 5.37. The van der Waals surface area contributed by atoms with Crippen molar-refractivity contribution in [2.75, 3.05) is 13.6 Å². The Bertz CT molecular complexity index is 899. The van der Waals surface area contributed by atoms with Crippen molar-refractivity contribution in [2.24, 2.45) is 0 Å². The number of H-pyrrole nitrogens is 1. The molecule has 1 saturated heterocycles. The molecule has 0 spiro atoms. The number of likely N-dealkylation sites (tertiary alicyclic amines) is 1. The van der Waals surface area contributed by atoms with Crippen LogP contribution in [0.5, 0.6) is 0 Å². The molecule has 1 N–H and O–H groups in total. The van der Waals surface area contributed by atoms with Gasteiger partial charge in [-0.05, 0) is 55.1 Å². The van der Waals surface area contributed by atoms with E-state index in [2.05, 4.69) is 65.5 Å². The maximum Gasteiger partial charge on any atom is 0.110 e. The molecule has 2 heterocycles. The standard InChI is InChI=1S/C21H21ClN2/c1-24-11-10-14(13-6-3-2-4-7-13)20-15-8-5-9-17-19(15)16(12-18(20)24)21(22)23-17/h2-9,14,18,20,23H,10-12H2,1H3/t14-,18+,20+/m0/s1. The second-order valence-corrected chi connectivity index (χ2v) is 7.65. The number of halogens is 1. The first-order chi connectivity index (χ1) is 11.7. The van der Waals surface area contributed by atoms with Gasteiger partial charge in [-0.3, -0.25) is 0 Å². The van der Waals surface area contributed by atoms with E-state index in [0.717, 1.165) is 18.1 Å². The third-order valence-electron chi connectivity index (χ3n) is 6.11. The highest BCUT2D eigenvalue weighted by molar-refractivity contribution is 6.32. The second-order valence-electron chi connectivity index (χ2n) is 7.27. The molecule has 1 fully saturated rings. The normalized spacial score (nSPS) is 26.5. The average Bonchev–Trinajstić information content (AvgIpc) is 2.94. The number of fused-ring (bicyclic) bond motifs is 2. The van der Waals surface area contributed by atoms with Gasteiger partial charge in [-0.15, -0.1) is 0 Å². The Morgan fingerprint density at radius 3 is 2.75 bits per heavy atom. The van der Waals surface area contributed by atoms with Gasteiger partial charge in [0.05, 0.1) is 0 Å². The molecule has 24 heavy (non-hydrogen) atoms. The zero-order valence-corrected chi connectivity index (χ0v) is 14.6. The van der Waals surface area contributed by atoms with Crippen molar-refractivity contribution in [3.63, 3.8) is 0 Å². The van der Waals surface area contributed by atoms with Crippen LogP contribution in [0.3, 0.4) is 0 Å². The van der Waals surface area contributed by atoms with E-state index in [1.165, 1.54) is 34.0 Å². The molecule has 2 aromatic carbocycles. The molecule has 3 aromatic rings. The Hall–Kier alpha value is -1.77. The van der Waals surface area contributed by atoms with Crippen LogP contribution >= 0.6 is 11.6 Å². The molecule has 3 atom stereocenters. The number of rotatable bonds is 1. The maximum absolute atomic E-state index is 6.53. The number of hydrogen-bond acceptors (Lipinski definition) is 1. The van der Waals surface area contributed by atoms with Crippen molar-refractivity contribution in [3.8, 4) is 0 Å². The summed E-state index contributed by atoms with van der Waals surface area (Å²) in [5, 5.41) is 2.20. The van der Waals surface area contributed by atoms with Gasteiger partial charge in [0.25, 0.3) is 0 Å². The van der Waals surface area contributed by atoms with Crippen molar-refractivity contribution in [1.29, 1.82) is 0 Å². The molecule has 2 nitrogen and oxygen atoms in total. The van der Waals surface area contributed by atoms with Crippen LogP contribution in [0.1, 0.15) is 34.9 Å². The van der Waals surface area contributed by atoms with Gasteiger partial charge in [-0.1, -0.05) is 54.1 Å². The number of nitrogens with one attached hydrogen (secondary N) is 1. The molecule has 0 unspecified atom stereocenters. The predicted molar refractivity (Wildman–Crippen MR) is 100.0 cm³/mol. The quantitative estimate of drug-likeness (QED) is 0.666. The van der Waals surface area contributed by atoms with Crippen LogP contribution in [0.25, 0.3) is 10.9 Å². The van der Waals surface area contributed by atoms with Crippen molar-refractivity contribution in [1.82, 2.24) is 9.88 Å². The summed E-state index contributed by atoms with van der Waals surface area (Å²) in [5.74, 6) is 1.12. The molecule has 122 valence electrons. The van der Waals surface area contributed by atoms with Gasteiger partial charge in [-0.2, -0.15) is 0 Å². The van der Waals surface area contributed by atoms with Crippen LogP contribution in [0, 0.1) is 0 Å². The lowest BCUT2D eigenvalue weighted by molar-refractivity contribution is 0.139. The van der Waals surface area contributed by atoms with E-state index in [1.54, 1.807) is 0 Å². The fourth-order valence-electron chi connectivity index (χ4n) is 5.00. The van der Waals surface area contributed by atoms with Gasteiger partial charge in [0.15, 0.2) is 0 Å². The number of benzene rings is 2. The predicted octanol–water partition coefficient (Wildman–Crippen LogP) is 4.95. The van der Waals surface area contributed by atoms with Gasteiger partial charge < -0.3 is 9.88 Å². The Morgan fingerprint density at radius 2 is 1.92 bits per heavy atom. The summed E-state index contributed by atoms with van der Waals surface area (Å²) in [6, 6.07) is 18.2. The van der Waals surface area contributed by atoms with Crippen LogP contribution in [0.2, 0.25) is 5.15 Å². The smallest absolute Gasteiger partial charge is 0.110 e. The summed E-state index contributed by atoms with van der Waals surface area (Å²) in [4.78, 5) is 5.92. The maximum atomic E-state index is 6.53. The summed E-state index contributed by atoms with van der Waals surface area (Å²) >= 11 is 6.53. The van der Waals surface area contributed by atoms with Crippen LogP contribution in [-0.2, 0) is 6.42 Å². The molecule has 0 amide bonds. The third-order valence-corrected chi connectivity index (χ3v) is 6.44. The van der Waals surface area contributed by atoms with E-state index >= 15 is 0 Å². The minimum atomic E-state index is 0.523. The number of piperidine rings is 1. The minimum absolute atomic E-state index is 0.523. The van der Waals surface area contributed by atoms with Crippen LogP contribution in [0.15, 0.2) is 48.5 Å². The van der Waals surface area contributed by atoms with E-state index in [0.29, 0.717) is 17.9 Å². The molecule has 1 aliphatic carbocycles. The van der Waals surface area contributed by atoms with Gasteiger partial charge in [0, 0.05) is 22.9 Å². The van der Waals surface area contributed by atoms with E-state index in [1.807, 2.05) is 0 Å². The average molecular weight is 337 g/mol. The number of likely N-dealkylation sites (N-methyl/N-ethyl adjacent to an activating group) is 1. The topological polar surface area (TPSA) is 19.0 Å². The van der Waals surface area contributed by atoms with Gasteiger partial charge in [0.2, 0.25) is 0 Å². The lowest BCUT2D eigenvalue weighted by atomic mass is 9.67. The molecule has 0 bridgehead atoms. The molecule has 0 radical (unpaired) electrons. The monoisotopic (exact) mass is 336 g/mol. The zero-order valence-electron chi connectivity index (χ0n) is 13.8.